The number of hydrogen-bond acceptors (Lipinski definition) is 3. The van der Waals surface area contributed by atoms with E-state index >= 15 is 0 Å². The van der Waals surface area contributed by atoms with Gasteiger partial charge in [0, 0.05) is 17.6 Å². The number of aliphatic hydroxyl groups excluding tert-OH is 1. The summed E-state index contributed by atoms with van der Waals surface area (Å²) < 4.78 is 0.682. The van der Waals surface area contributed by atoms with Crippen LogP contribution in [0.4, 0.5) is 0 Å². The van der Waals surface area contributed by atoms with Crippen molar-refractivity contribution in [1.82, 2.24) is 5.32 Å². The second-order valence-electron chi connectivity index (χ2n) is 4.50. The average molecular weight is 288 g/mol. The molecule has 3 N–H and O–H groups in total. The van der Waals surface area contributed by atoms with E-state index in [1.54, 1.807) is 13.0 Å². The van der Waals surface area contributed by atoms with Crippen molar-refractivity contribution < 1.29 is 10.2 Å². The number of halogens is 1. The van der Waals surface area contributed by atoms with Crippen molar-refractivity contribution >= 4 is 15.9 Å². The molecule has 1 unspecified atom stereocenters. The van der Waals surface area contributed by atoms with Crippen LogP contribution >= 0.6 is 15.9 Å². The molecule has 0 heterocycles. The predicted octanol–water partition coefficient (Wildman–Crippen LogP) is 2.40. The Morgan fingerprint density at radius 3 is 2.62 bits per heavy atom. The van der Waals surface area contributed by atoms with Crippen LogP contribution in [0.3, 0.4) is 0 Å². The summed E-state index contributed by atoms with van der Waals surface area (Å²) in [6, 6.07) is 5.51. The van der Waals surface area contributed by atoms with Crippen LogP contribution in [-0.4, -0.2) is 21.9 Å². The van der Waals surface area contributed by atoms with Gasteiger partial charge in [0.05, 0.1) is 10.6 Å². The third kappa shape index (κ3) is 3.20. The number of phenols is 1. The number of aliphatic hydroxyl groups is 1. The monoisotopic (exact) mass is 287 g/mol. The van der Waals surface area contributed by atoms with Crippen molar-refractivity contribution in [1.29, 1.82) is 0 Å². The largest absolute Gasteiger partial charge is 0.506 e. The van der Waals surface area contributed by atoms with E-state index in [0.717, 1.165) is 5.56 Å². The molecule has 0 radical (unpaired) electrons. The van der Waals surface area contributed by atoms with Gasteiger partial charge < -0.3 is 15.5 Å². The van der Waals surface area contributed by atoms with Gasteiger partial charge in [-0.1, -0.05) is 12.1 Å². The first kappa shape index (κ1) is 13.5. The van der Waals surface area contributed by atoms with E-state index in [1.807, 2.05) is 26.0 Å². The summed E-state index contributed by atoms with van der Waals surface area (Å²) in [6.45, 7) is 6.11. The average Bonchev–Trinajstić information content (AvgIpc) is 2.20. The van der Waals surface area contributed by atoms with Gasteiger partial charge >= 0.3 is 0 Å². The number of hydrogen-bond donors (Lipinski definition) is 3. The van der Waals surface area contributed by atoms with E-state index in [1.165, 1.54) is 0 Å². The van der Waals surface area contributed by atoms with E-state index in [0.29, 0.717) is 11.0 Å². The lowest BCUT2D eigenvalue weighted by molar-refractivity contribution is 0.0955. The maximum Gasteiger partial charge on any atom is 0.134 e. The molecule has 90 valence electrons. The van der Waals surface area contributed by atoms with Crippen LogP contribution in [0.2, 0.25) is 0 Å². The van der Waals surface area contributed by atoms with Crippen LogP contribution in [-0.2, 0) is 6.54 Å². The zero-order valence-corrected chi connectivity index (χ0v) is 11.4. The fraction of sp³-hybridized carbons (Fsp3) is 0.500. The maximum absolute atomic E-state index is 9.78. The number of aromatic hydroxyl groups is 1. The molecule has 16 heavy (non-hydrogen) atoms. The zero-order valence-electron chi connectivity index (χ0n) is 9.79. The summed E-state index contributed by atoms with van der Waals surface area (Å²) in [5.41, 5.74) is 0.428. The van der Waals surface area contributed by atoms with Crippen molar-refractivity contribution in [2.24, 2.45) is 0 Å². The molecule has 0 saturated carbocycles. The number of benzene rings is 1. The molecule has 1 aromatic carbocycles. The van der Waals surface area contributed by atoms with Crippen molar-refractivity contribution in [2.75, 3.05) is 0 Å². The molecule has 0 bridgehead atoms. The number of nitrogens with one attached hydrogen (secondary N) is 1. The lowest BCUT2D eigenvalue weighted by Gasteiger charge is -2.29. The quantitative estimate of drug-likeness (QED) is 0.797. The highest BCUT2D eigenvalue weighted by molar-refractivity contribution is 9.10. The highest BCUT2D eigenvalue weighted by Gasteiger charge is 2.23. The van der Waals surface area contributed by atoms with Gasteiger partial charge in [-0.2, -0.15) is 0 Å². The molecule has 4 heteroatoms. The van der Waals surface area contributed by atoms with E-state index < -0.39 is 6.10 Å². The normalized spacial score (nSPS) is 13.8. The SMILES string of the molecule is CC(O)C(C)(C)NCc1cccc(Br)c1O. The summed E-state index contributed by atoms with van der Waals surface area (Å²) in [7, 11) is 0. The van der Waals surface area contributed by atoms with Crippen LogP contribution in [0, 0.1) is 0 Å². The zero-order chi connectivity index (χ0) is 12.3. The molecule has 0 aromatic heterocycles. The van der Waals surface area contributed by atoms with Crippen LogP contribution in [0.5, 0.6) is 5.75 Å². The minimum atomic E-state index is -0.457. The molecule has 0 amide bonds. The van der Waals surface area contributed by atoms with Crippen LogP contribution in [0.25, 0.3) is 0 Å². The third-order valence-corrected chi connectivity index (χ3v) is 3.49. The number of phenolic OH excluding ortho intramolecular Hbond substituents is 1. The van der Waals surface area contributed by atoms with Gasteiger partial charge in [-0.05, 0) is 42.8 Å². The molecule has 0 saturated heterocycles. The van der Waals surface area contributed by atoms with E-state index in [-0.39, 0.29) is 11.3 Å². The van der Waals surface area contributed by atoms with Crippen molar-refractivity contribution in [3.05, 3.63) is 28.2 Å². The Morgan fingerprint density at radius 2 is 2.06 bits per heavy atom. The van der Waals surface area contributed by atoms with Gasteiger partial charge in [-0.25, -0.2) is 0 Å². The fourth-order valence-corrected chi connectivity index (χ4v) is 1.58. The lowest BCUT2D eigenvalue weighted by Crippen LogP contribution is -2.47. The molecule has 0 spiro atoms. The standard InChI is InChI=1S/C12H18BrNO2/c1-8(15)12(2,3)14-7-9-5-4-6-10(13)11(9)16/h4-6,8,14-16H,7H2,1-3H3. The van der Waals surface area contributed by atoms with Crippen molar-refractivity contribution in [3.8, 4) is 5.75 Å². The van der Waals surface area contributed by atoms with E-state index in [9.17, 15) is 10.2 Å². The maximum atomic E-state index is 9.78. The highest BCUT2D eigenvalue weighted by Crippen LogP contribution is 2.27. The Morgan fingerprint density at radius 1 is 1.44 bits per heavy atom. The first-order valence-corrected chi connectivity index (χ1v) is 6.03. The molecule has 1 aromatic rings. The summed E-state index contributed by atoms with van der Waals surface area (Å²) in [6.07, 6.45) is -0.457. The molecule has 0 aliphatic carbocycles. The van der Waals surface area contributed by atoms with E-state index in [4.69, 9.17) is 0 Å². The van der Waals surface area contributed by atoms with Crippen molar-refractivity contribution in [2.45, 2.75) is 39.0 Å². The Kier molecular flexibility index (Phi) is 4.35. The summed E-state index contributed by atoms with van der Waals surface area (Å²) >= 11 is 3.27. The topological polar surface area (TPSA) is 52.5 Å². The molecule has 3 nitrogen and oxygen atoms in total. The summed E-state index contributed by atoms with van der Waals surface area (Å²) in [5.74, 6) is 0.247. The van der Waals surface area contributed by atoms with Gasteiger partial charge in [0.1, 0.15) is 5.75 Å². The van der Waals surface area contributed by atoms with Gasteiger partial charge in [-0.15, -0.1) is 0 Å². The fourth-order valence-electron chi connectivity index (χ4n) is 1.17. The minimum Gasteiger partial charge on any atom is -0.506 e. The Labute approximate surface area is 105 Å². The molecule has 0 aliphatic heterocycles. The summed E-state index contributed by atoms with van der Waals surface area (Å²) in [5, 5.41) is 22.5. The minimum absolute atomic E-state index is 0.247. The molecule has 0 aliphatic rings. The number of para-hydroxylation sites is 1. The van der Waals surface area contributed by atoms with Crippen LogP contribution in [0.1, 0.15) is 26.3 Å². The first-order chi connectivity index (χ1) is 7.34. The lowest BCUT2D eigenvalue weighted by atomic mass is 9.98. The highest BCUT2D eigenvalue weighted by atomic mass is 79.9. The van der Waals surface area contributed by atoms with Gasteiger partial charge in [0.25, 0.3) is 0 Å². The second-order valence-corrected chi connectivity index (χ2v) is 5.35. The first-order valence-electron chi connectivity index (χ1n) is 5.24. The Balaban J connectivity index is 2.72. The van der Waals surface area contributed by atoms with Crippen molar-refractivity contribution in [3.63, 3.8) is 0 Å². The molecule has 1 rings (SSSR count). The van der Waals surface area contributed by atoms with Crippen LogP contribution < -0.4 is 5.32 Å². The van der Waals surface area contributed by atoms with Gasteiger partial charge in [-0.3, -0.25) is 0 Å². The second kappa shape index (κ2) is 5.17. The third-order valence-electron chi connectivity index (χ3n) is 2.85. The predicted molar refractivity (Wildman–Crippen MR) is 68.4 cm³/mol. The smallest absolute Gasteiger partial charge is 0.134 e. The van der Waals surface area contributed by atoms with E-state index in [2.05, 4.69) is 21.2 Å². The molecule has 1 atom stereocenters. The van der Waals surface area contributed by atoms with Gasteiger partial charge in [0.2, 0.25) is 0 Å². The Hall–Kier alpha value is -0.580. The molecular weight excluding hydrogens is 270 g/mol. The van der Waals surface area contributed by atoms with Crippen LogP contribution in [0.15, 0.2) is 22.7 Å². The Bertz CT molecular complexity index is 364. The molecule has 0 fully saturated rings. The number of rotatable bonds is 4. The molecular formula is C12H18BrNO2. The van der Waals surface area contributed by atoms with Gasteiger partial charge in [0.15, 0.2) is 0 Å². The summed E-state index contributed by atoms with van der Waals surface area (Å²) in [4.78, 5) is 0.